The lowest BCUT2D eigenvalue weighted by molar-refractivity contribution is 0.506. The summed E-state index contributed by atoms with van der Waals surface area (Å²) in [6.45, 7) is 2.90. The third-order valence-corrected chi connectivity index (χ3v) is 4.37. The minimum atomic E-state index is -3.47. The van der Waals surface area contributed by atoms with Crippen molar-refractivity contribution >= 4 is 28.4 Å². The standard InChI is InChI=1S/C13H19N5O3S.ClH/c1-10-3-5-11(6-4-10)22(19,20)16-8-2-7-15-13-18-17-12(9-14)21-13;/h3-6,16H,2,7-9,14H2,1H3,(H,15,18);1H. The first kappa shape index (κ1) is 19.4. The van der Waals surface area contributed by atoms with Gasteiger partial charge < -0.3 is 15.5 Å². The van der Waals surface area contributed by atoms with Crippen LogP contribution in [0.4, 0.5) is 6.01 Å². The Bertz CT molecular complexity index is 703. The number of nitrogens with two attached hydrogens (primary N) is 1. The first-order chi connectivity index (χ1) is 10.5. The predicted octanol–water partition coefficient (Wildman–Crippen LogP) is 1.04. The molecular formula is C13H20ClN5O3S. The van der Waals surface area contributed by atoms with Crippen molar-refractivity contribution in [1.29, 1.82) is 0 Å². The van der Waals surface area contributed by atoms with Gasteiger partial charge in [-0.2, -0.15) is 0 Å². The SMILES string of the molecule is Cc1ccc(S(=O)(=O)NCCCNc2nnc(CN)o2)cc1.Cl. The Labute approximate surface area is 141 Å². The number of hydrogen-bond acceptors (Lipinski definition) is 7. The van der Waals surface area contributed by atoms with Crippen molar-refractivity contribution in [3.8, 4) is 0 Å². The summed E-state index contributed by atoms with van der Waals surface area (Å²) in [4.78, 5) is 0.260. The van der Waals surface area contributed by atoms with E-state index < -0.39 is 10.0 Å². The molecule has 4 N–H and O–H groups in total. The van der Waals surface area contributed by atoms with Crippen LogP contribution in [0.3, 0.4) is 0 Å². The zero-order chi connectivity index (χ0) is 16.0. The molecule has 0 aliphatic rings. The summed E-state index contributed by atoms with van der Waals surface area (Å²) >= 11 is 0. The Morgan fingerprint density at radius 2 is 1.87 bits per heavy atom. The maximum atomic E-state index is 12.0. The molecule has 2 rings (SSSR count). The van der Waals surface area contributed by atoms with Crippen molar-refractivity contribution in [3.05, 3.63) is 35.7 Å². The summed E-state index contributed by atoms with van der Waals surface area (Å²) in [5.41, 5.74) is 6.36. The molecule has 0 aliphatic heterocycles. The number of anilines is 1. The van der Waals surface area contributed by atoms with Gasteiger partial charge in [0.25, 0.3) is 0 Å². The Balaban J connectivity index is 0.00000264. The monoisotopic (exact) mass is 361 g/mol. The Kier molecular flexibility index (Phi) is 7.43. The minimum Gasteiger partial charge on any atom is -0.407 e. The van der Waals surface area contributed by atoms with Crippen molar-refractivity contribution in [1.82, 2.24) is 14.9 Å². The van der Waals surface area contributed by atoms with Crippen LogP contribution in [0, 0.1) is 6.92 Å². The fraction of sp³-hybridized carbons (Fsp3) is 0.385. The molecule has 0 atom stereocenters. The predicted molar refractivity (Wildman–Crippen MR) is 88.9 cm³/mol. The summed E-state index contributed by atoms with van der Waals surface area (Å²) in [5, 5.41) is 10.3. The molecule has 0 spiro atoms. The van der Waals surface area contributed by atoms with Gasteiger partial charge in [0, 0.05) is 13.1 Å². The second-order valence-electron chi connectivity index (χ2n) is 4.70. The average Bonchev–Trinajstić information content (AvgIpc) is 2.95. The van der Waals surface area contributed by atoms with Crippen LogP contribution in [-0.4, -0.2) is 31.7 Å². The number of aryl methyl sites for hydroxylation is 1. The van der Waals surface area contributed by atoms with Gasteiger partial charge in [0.15, 0.2) is 0 Å². The van der Waals surface area contributed by atoms with Crippen LogP contribution >= 0.6 is 12.4 Å². The fourth-order valence-electron chi connectivity index (χ4n) is 1.70. The summed E-state index contributed by atoms with van der Waals surface area (Å²) in [6, 6.07) is 6.98. The zero-order valence-corrected chi connectivity index (χ0v) is 14.3. The Hall–Kier alpha value is -1.68. The number of benzene rings is 1. The van der Waals surface area contributed by atoms with Gasteiger partial charge in [-0.15, -0.1) is 17.5 Å². The lowest BCUT2D eigenvalue weighted by atomic mass is 10.2. The smallest absolute Gasteiger partial charge is 0.315 e. The number of nitrogens with one attached hydrogen (secondary N) is 2. The second-order valence-corrected chi connectivity index (χ2v) is 6.46. The molecule has 2 aromatic rings. The van der Waals surface area contributed by atoms with E-state index in [1.54, 1.807) is 24.3 Å². The van der Waals surface area contributed by atoms with Crippen LogP contribution in [0.1, 0.15) is 17.9 Å². The molecule has 1 aromatic heterocycles. The topological polar surface area (TPSA) is 123 Å². The summed E-state index contributed by atoms with van der Waals surface area (Å²) in [7, 11) is -3.47. The number of rotatable bonds is 8. The molecule has 10 heteroatoms. The highest BCUT2D eigenvalue weighted by Crippen LogP contribution is 2.09. The van der Waals surface area contributed by atoms with Gasteiger partial charge in [0.05, 0.1) is 11.4 Å². The second kappa shape index (κ2) is 8.82. The number of halogens is 1. The lowest BCUT2D eigenvalue weighted by Crippen LogP contribution is -2.26. The highest BCUT2D eigenvalue weighted by Gasteiger charge is 2.12. The first-order valence-electron chi connectivity index (χ1n) is 6.84. The maximum Gasteiger partial charge on any atom is 0.315 e. The van der Waals surface area contributed by atoms with E-state index in [-0.39, 0.29) is 29.9 Å². The van der Waals surface area contributed by atoms with Crippen LogP contribution < -0.4 is 15.8 Å². The van der Waals surface area contributed by atoms with Crippen molar-refractivity contribution in [3.63, 3.8) is 0 Å². The first-order valence-corrected chi connectivity index (χ1v) is 8.32. The van der Waals surface area contributed by atoms with Crippen LogP contribution in [0.2, 0.25) is 0 Å². The molecule has 1 heterocycles. The van der Waals surface area contributed by atoms with Gasteiger partial charge in [0.2, 0.25) is 15.9 Å². The van der Waals surface area contributed by atoms with Crippen molar-refractivity contribution in [2.75, 3.05) is 18.4 Å². The van der Waals surface area contributed by atoms with E-state index in [2.05, 4.69) is 20.2 Å². The van der Waals surface area contributed by atoms with E-state index in [1.807, 2.05) is 6.92 Å². The molecule has 0 saturated carbocycles. The lowest BCUT2D eigenvalue weighted by Gasteiger charge is -2.07. The molecule has 128 valence electrons. The number of sulfonamides is 1. The molecule has 0 fully saturated rings. The molecule has 0 bridgehead atoms. The van der Waals surface area contributed by atoms with E-state index in [9.17, 15) is 8.42 Å². The maximum absolute atomic E-state index is 12.0. The summed E-state index contributed by atoms with van der Waals surface area (Å²) < 4.78 is 31.8. The van der Waals surface area contributed by atoms with E-state index in [1.165, 1.54) is 0 Å². The molecule has 0 unspecified atom stereocenters. The van der Waals surface area contributed by atoms with Gasteiger partial charge in [-0.1, -0.05) is 22.8 Å². The summed E-state index contributed by atoms with van der Waals surface area (Å²) in [6.07, 6.45) is 0.575. The fourth-order valence-corrected chi connectivity index (χ4v) is 2.77. The number of nitrogens with zero attached hydrogens (tertiary/aromatic N) is 2. The van der Waals surface area contributed by atoms with E-state index >= 15 is 0 Å². The highest BCUT2D eigenvalue weighted by molar-refractivity contribution is 7.89. The number of hydrogen-bond donors (Lipinski definition) is 3. The highest BCUT2D eigenvalue weighted by atomic mass is 35.5. The molecule has 23 heavy (non-hydrogen) atoms. The van der Waals surface area contributed by atoms with E-state index in [0.29, 0.717) is 25.4 Å². The molecular weight excluding hydrogens is 342 g/mol. The van der Waals surface area contributed by atoms with E-state index in [0.717, 1.165) is 5.56 Å². The zero-order valence-electron chi connectivity index (χ0n) is 12.7. The molecule has 0 amide bonds. The van der Waals surface area contributed by atoms with E-state index in [4.69, 9.17) is 10.2 Å². The molecule has 0 radical (unpaired) electrons. The van der Waals surface area contributed by atoms with Crippen LogP contribution in [0.5, 0.6) is 0 Å². The van der Waals surface area contributed by atoms with Gasteiger partial charge in [-0.05, 0) is 25.5 Å². The van der Waals surface area contributed by atoms with Crippen LogP contribution in [0.25, 0.3) is 0 Å². The van der Waals surface area contributed by atoms with Crippen molar-refractivity contribution < 1.29 is 12.8 Å². The normalized spacial score (nSPS) is 11.0. The molecule has 1 aromatic carbocycles. The quantitative estimate of drug-likeness (QED) is 0.600. The van der Waals surface area contributed by atoms with Gasteiger partial charge in [-0.3, -0.25) is 0 Å². The van der Waals surface area contributed by atoms with Crippen LogP contribution in [-0.2, 0) is 16.6 Å². The Morgan fingerprint density at radius 1 is 1.17 bits per heavy atom. The average molecular weight is 362 g/mol. The third-order valence-electron chi connectivity index (χ3n) is 2.89. The molecule has 0 saturated heterocycles. The van der Waals surface area contributed by atoms with Crippen molar-refractivity contribution in [2.24, 2.45) is 5.73 Å². The largest absolute Gasteiger partial charge is 0.407 e. The molecule has 0 aliphatic carbocycles. The van der Waals surface area contributed by atoms with Crippen LogP contribution in [0.15, 0.2) is 33.6 Å². The number of aromatic nitrogens is 2. The van der Waals surface area contributed by atoms with Crippen molar-refractivity contribution in [2.45, 2.75) is 24.8 Å². The third kappa shape index (κ3) is 5.79. The minimum absolute atomic E-state index is 0. The van der Waals surface area contributed by atoms with Gasteiger partial charge in [0.1, 0.15) is 0 Å². The van der Waals surface area contributed by atoms with Gasteiger partial charge in [-0.25, -0.2) is 13.1 Å². The van der Waals surface area contributed by atoms with Gasteiger partial charge >= 0.3 is 6.01 Å². The Morgan fingerprint density at radius 3 is 2.48 bits per heavy atom. The molecule has 8 nitrogen and oxygen atoms in total. The summed E-state index contributed by atoms with van der Waals surface area (Å²) in [5.74, 6) is 0.350.